The minimum Gasteiger partial charge on any atom is -0.381 e. The van der Waals surface area contributed by atoms with E-state index in [4.69, 9.17) is 19.7 Å². The second-order valence-corrected chi connectivity index (χ2v) is 18.9. The summed E-state index contributed by atoms with van der Waals surface area (Å²) in [6.07, 6.45) is 11.6. The van der Waals surface area contributed by atoms with Crippen LogP contribution in [0, 0.1) is 6.92 Å². The van der Waals surface area contributed by atoms with Crippen LogP contribution in [0.5, 0.6) is 0 Å². The third-order valence-electron chi connectivity index (χ3n) is 12.5. The van der Waals surface area contributed by atoms with Gasteiger partial charge in [0.1, 0.15) is 11.6 Å². The fraction of sp³-hybridized carbons (Fsp3) is 0.923. The zero-order chi connectivity index (χ0) is 35.0. The number of aryl methyl sites for hydroxylation is 1. The number of likely N-dealkylation sites (tertiary alicyclic amines) is 2. The zero-order valence-corrected chi connectivity index (χ0v) is 33.2. The molecule has 0 N–H and O–H groups in total. The maximum absolute atomic E-state index is 5.66. The highest BCUT2D eigenvalue weighted by molar-refractivity contribution is 5.34. The molecule has 0 spiro atoms. The van der Waals surface area contributed by atoms with Crippen LogP contribution < -0.4 is 4.90 Å². The topological polar surface area (TPSA) is 60.9 Å². The third-order valence-corrected chi connectivity index (χ3v) is 12.5. The molecule has 8 heteroatoms. The monoisotopic (exact) mass is 656 g/mol. The summed E-state index contributed by atoms with van der Waals surface area (Å²) in [5.41, 5.74) is 0.770. The SMILES string of the molecule is Cc1nc(C2CCOCC2)nc(N(CCCCCCN(C2CC(C)(C)N(C)C(C)(C)C2)C(C)(C)C)C2CC(C)(C)N(C)C(C)(C)C2)n1. The molecule has 0 bridgehead atoms. The lowest BCUT2D eigenvalue weighted by Gasteiger charge is -2.57. The van der Waals surface area contributed by atoms with Crippen LogP contribution in [0.15, 0.2) is 0 Å². The summed E-state index contributed by atoms with van der Waals surface area (Å²) in [5.74, 6) is 3.07. The number of aromatic nitrogens is 3. The Morgan fingerprint density at radius 1 is 0.681 bits per heavy atom. The Morgan fingerprint density at radius 2 is 1.15 bits per heavy atom. The summed E-state index contributed by atoms with van der Waals surface area (Å²) in [4.78, 5) is 25.7. The average molecular weight is 656 g/mol. The molecule has 47 heavy (non-hydrogen) atoms. The molecule has 4 rings (SSSR count). The Balaban J connectivity index is 1.45. The first kappa shape index (κ1) is 38.5. The van der Waals surface area contributed by atoms with Gasteiger partial charge in [-0.3, -0.25) is 14.7 Å². The normalized spacial score (nSPS) is 24.6. The molecule has 270 valence electrons. The predicted octanol–water partition coefficient (Wildman–Crippen LogP) is 7.84. The fourth-order valence-electron chi connectivity index (χ4n) is 9.26. The maximum Gasteiger partial charge on any atom is 0.229 e. The van der Waals surface area contributed by atoms with Crippen molar-refractivity contribution in [3.8, 4) is 0 Å². The van der Waals surface area contributed by atoms with E-state index in [1.807, 2.05) is 6.92 Å². The van der Waals surface area contributed by atoms with Crippen molar-refractivity contribution in [1.29, 1.82) is 0 Å². The lowest BCUT2D eigenvalue weighted by molar-refractivity contribution is -0.0673. The molecule has 1 aromatic heterocycles. The molecule has 8 nitrogen and oxygen atoms in total. The van der Waals surface area contributed by atoms with Crippen molar-refractivity contribution in [3.63, 3.8) is 0 Å². The van der Waals surface area contributed by atoms with Crippen molar-refractivity contribution in [2.75, 3.05) is 45.3 Å². The van der Waals surface area contributed by atoms with Crippen LogP contribution in [-0.4, -0.2) is 110 Å². The molecule has 3 aliphatic heterocycles. The molecule has 1 aromatic rings. The van der Waals surface area contributed by atoms with E-state index in [9.17, 15) is 0 Å². The van der Waals surface area contributed by atoms with E-state index in [0.29, 0.717) is 18.0 Å². The molecule has 0 unspecified atom stereocenters. The molecule has 0 atom stereocenters. The highest BCUT2D eigenvalue weighted by Gasteiger charge is 2.47. The van der Waals surface area contributed by atoms with Crippen molar-refractivity contribution in [3.05, 3.63) is 11.6 Å². The van der Waals surface area contributed by atoms with Crippen molar-refractivity contribution in [1.82, 2.24) is 29.7 Å². The minimum absolute atomic E-state index is 0.101. The predicted molar refractivity (Wildman–Crippen MR) is 198 cm³/mol. The van der Waals surface area contributed by atoms with Gasteiger partial charge in [0.25, 0.3) is 0 Å². The molecular formula is C39H73N7O. The molecule has 0 aromatic carbocycles. The first-order valence-corrected chi connectivity index (χ1v) is 19.0. The van der Waals surface area contributed by atoms with Gasteiger partial charge in [-0.05, 0) is 155 Å². The van der Waals surface area contributed by atoms with Crippen molar-refractivity contribution < 1.29 is 4.74 Å². The van der Waals surface area contributed by atoms with Crippen LogP contribution in [0.3, 0.4) is 0 Å². The second kappa shape index (κ2) is 14.5. The van der Waals surface area contributed by atoms with Crippen LogP contribution in [0.25, 0.3) is 0 Å². The number of anilines is 1. The van der Waals surface area contributed by atoms with Crippen LogP contribution in [0.2, 0.25) is 0 Å². The summed E-state index contributed by atoms with van der Waals surface area (Å²) < 4.78 is 5.66. The highest BCUT2D eigenvalue weighted by Crippen LogP contribution is 2.42. The summed E-state index contributed by atoms with van der Waals surface area (Å²) in [7, 11) is 4.61. The summed E-state index contributed by atoms with van der Waals surface area (Å²) in [6.45, 7) is 32.4. The van der Waals surface area contributed by atoms with Gasteiger partial charge in [-0.25, -0.2) is 4.98 Å². The lowest BCUT2D eigenvalue weighted by atomic mass is 9.76. The Bertz CT molecular complexity index is 1130. The first-order valence-electron chi connectivity index (χ1n) is 19.0. The van der Waals surface area contributed by atoms with E-state index in [-0.39, 0.29) is 27.7 Å². The average Bonchev–Trinajstić information content (AvgIpc) is 2.95. The highest BCUT2D eigenvalue weighted by atomic mass is 16.5. The van der Waals surface area contributed by atoms with E-state index in [1.54, 1.807) is 0 Å². The number of unbranched alkanes of at least 4 members (excludes halogenated alkanes) is 3. The van der Waals surface area contributed by atoms with Crippen LogP contribution in [0.1, 0.15) is 158 Å². The van der Waals surface area contributed by atoms with E-state index in [1.165, 1.54) is 38.6 Å². The van der Waals surface area contributed by atoms with Crippen LogP contribution >= 0.6 is 0 Å². The number of nitrogens with zero attached hydrogens (tertiary/aromatic N) is 7. The number of piperidine rings is 2. The molecule has 0 saturated carbocycles. The quantitative estimate of drug-likeness (QED) is 0.224. The Labute approximate surface area is 289 Å². The third kappa shape index (κ3) is 9.26. The van der Waals surface area contributed by atoms with Gasteiger partial charge in [-0.2, -0.15) is 9.97 Å². The van der Waals surface area contributed by atoms with Crippen LogP contribution in [-0.2, 0) is 4.74 Å². The summed E-state index contributed by atoms with van der Waals surface area (Å²) in [5, 5.41) is 0. The Hall–Kier alpha value is -1.35. The van der Waals surface area contributed by atoms with Crippen LogP contribution in [0.4, 0.5) is 5.95 Å². The first-order chi connectivity index (χ1) is 21.6. The van der Waals surface area contributed by atoms with E-state index >= 15 is 0 Å². The van der Waals surface area contributed by atoms with Gasteiger partial charge in [-0.15, -0.1) is 0 Å². The lowest BCUT2D eigenvalue weighted by Crippen LogP contribution is -2.64. The molecular weight excluding hydrogens is 582 g/mol. The summed E-state index contributed by atoms with van der Waals surface area (Å²) >= 11 is 0. The van der Waals surface area contributed by atoms with Crippen molar-refractivity contribution in [2.24, 2.45) is 0 Å². The van der Waals surface area contributed by atoms with Gasteiger partial charge in [0.2, 0.25) is 5.95 Å². The largest absolute Gasteiger partial charge is 0.381 e. The molecule has 0 radical (unpaired) electrons. The maximum atomic E-state index is 5.66. The van der Waals surface area contributed by atoms with Crippen molar-refractivity contribution in [2.45, 2.75) is 193 Å². The molecule has 0 amide bonds. The van der Waals surface area contributed by atoms with Gasteiger partial charge < -0.3 is 9.64 Å². The van der Waals surface area contributed by atoms with E-state index < -0.39 is 0 Å². The van der Waals surface area contributed by atoms with Gasteiger partial charge in [-0.1, -0.05) is 12.8 Å². The number of hydrogen-bond acceptors (Lipinski definition) is 8. The van der Waals surface area contributed by atoms with E-state index in [2.05, 4.69) is 110 Å². The van der Waals surface area contributed by atoms with E-state index in [0.717, 1.165) is 69.5 Å². The van der Waals surface area contributed by atoms with Gasteiger partial charge in [0.15, 0.2) is 0 Å². The fourth-order valence-corrected chi connectivity index (χ4v) is 9.26. The van der Waals surface area contributed by atoms with Gasteiger partial charge in [0, 0.05) is 65.5 Å². The number of ether oxygens (including phenoxy) is 1. The standard InChI is InChI=1S/C39H73N7O/c1-29-40-33(30-19-23-47-24-20-30)42-34(41-29)45(31-25-36(5,6)43(13)37(7,8)26-31)21-17-15-16-18-22-46(35(2,3)4)32-27-38(9,10)44(14)39(11,12)28-32/h30-32H,15-28H2,1-14H3. The number of rotatable bonds is 11. The second-order valence-electron chi connectivity index (χ2n) is 18.9. The molecule has 0 aliphatic carbocycles. The smallest absolute Gasteiger partial charge is 0.229 e. The zero-order valence-electron chi connectivity index (χ0n) is 33.2. The molecule has 3 aliphatic rings. The van der Waals surface area contributed by atoms with Gasteiger partial charge >= 0.3 is 0 Å². The Kier molecular flexibility index (Phi) is 11.8. The molecule has 3 fully saturated rings. The Morgan fingerprint density at radius 3 is 1.64 bits per heavy atom. The molecule has 3 saturated heterocycles. The minimum atomic E-state index is 0.101. The van der Waals surface area contributed by atoms with Gasteiger partial charge in [0.05, 0.1) is 0 Å². The summed E-state index contributed by atoms with van der Waals surface area (Å²) in [6, 6.07) is 1.01. The van der Waals surface area contributed by atoms with Crippen molar-refractivity contribution >= 4 is 5.95 Å². The molecule has 4 heterocycles. The number of hydrogen-bond donors (Lipinski definition) is 0.